The van der Waals surface area contributed by atoms with Crippen LogP contribution in [0.1, 0.15) is 27.7 Å². The smallest absolute Gasteiger partial charge is 0.287 e. The Labute approximate surface area is 190 Å². The molecule has 1 unspecified atom stereocenters. The van der Waals surface area contributed by atoms with E-state index in [2.05, 4.69) is 20.0 Å². The van der Waals surface area contributed by atoms with Crippen LogP contribution < -0.4 is 10.6 Å². The minimum atomic E-state index is -4.19. The van der Waals surface area contributed by atoms with Gasteiger partial charge in [0.25, 0.3) is 21.8 Å². The van der Waals surface area contributed by atoms with E-state index in [0.717, 1.165) is 5.56 Å². The molecule has 0 radical (unpaired) electrons. The number of sulfonamides is 1. The van der Waals surface area contributed by atoms with Crippen molar-refractivity contribution in [3.05, 3.63) is 78.0 Å². The molecule has 1 atom stereocenters. The molecular weight excluding hydrogens is 446 g/mol. The van der Waals surface area contributed by atoms with Gasteiger partial charge in [0.15, 0.2) is 0 Å². The van der Waals surface area contributed by atoms with Gasteiger partial charge in [0.1, 0.15) is 11.2 Å². The average molecular weight is 468 g/mol. The van der Waals surface area contributed by atoms with Crippen molar-refractivity contribution in [2.45, 2.75) is 10.8 Å². The molecule has 2 heterocycles. The van der Waals surface area contributed by atoms with Gasteiger partial charge in [0.2, 0.25) is 11.7 Å². The number of hydrogen-bond acceptors (Lipinski definition) is 7. The van der Waals surface area contributed by atoms with Crippen LogP contribution in [-0.2, 0) is 14.8 Å². The van der Waals surface area contributed by atoms with E-state index in [1.165, 1.54) is 35.6 Å². The molecule has 1 aromatic heterocycles. The van der Waals surface area contributed by atoms with E-state index in [9.17, 15) is 18.0 Å². The van der Waals surface area contributed by atoms with Gasteiger partial charge in [-0.2, -0.15) is 8.42 Å². The number of nitrogens with one attached hydrogen (secondary N) is 2. The van der Waals surface area contributed by atoms with E-state index in [4.69, 9.17) is 4.42 Å². The Hall–Kier alpha value is -3.99. The standard InChI is InChI=1S/C22H21N5O5S/c1-27(2)22(29)15-8-9-17-18(12-15)33(30,31)26-19(25-17)20(28)24-13-16(21-23-10-11-32-21)14-6-4-3-5-7-14/h3-12,16H,13H2,1-2H3,(H,24,28)(H,25,26). The summed E-state index contributed by atoms with van der Waals surface area (Å²) < 4.78 is 34.5. The average Bonchev–Trinajstić information content (AvgIpc) is 3.33. The number of fused-ring (bicyclic) bond motifs is 1. The van der Waals surface area contributed by atoms with Crippen molar-refractivity contribution in [3.8, 4) is 0 Å². The van der Waals surface area contributed by atoms with E-state index >= 15 is 0 Å². The largest absolute Gasteiger partial charge is 0.448 e. The topological polar surface area (TPSA) is 134 Å². The van der Waals surface area contributed by atoms with Gasteiger partial charge in [0, 0.05) is 26.2 Å². The van der Waals surface area contributed by atoms with E-state index < -0.39 is 15.9 Å². The molecule has 4 rings (SSSR count). The molecule has 10 nitrogen and oxygen atoms in total. The number of oxazole rings is 1. The quantitative estimate of drug-likeness (QED) is 0.565. The third-order valence-electron chi connectivity index (χ3n) is 5.01. The highest BCUT2D eigenvalue weighted by Gasteiger charge is 2.30. The number of amides is 2. The lowest BCUT2D eigenvalue weighted by atomic mass is 9.99. The number of carbonyl (C=O) groups excluding carboxylic acids is 2. The molecule has 0 spiro atoms. The van der Waals surface area contributed by atoms with Gasteiger partial charge in [-0.05, 0) is 23.8 Å². The minimum Gasteiger partial charge on any atom is -0.448 e. The Balaban J connectivity index is 1.55. The third kappa shape index (κ3) is 4.62. The lowest BCUT2D eigenvalue weighted by Crippen LogP contribution is -2.40. The van der Waals surface area contributed by atoms with Crippen LogP contribution in [0, 0.1) is 0 Å². The Morgan fingerprint density at radius 2 is 1.91 bits per heavy atom. The summed E-state index contributed by atoms with van der Waals surface area (Å²) in [6.45, 7) is 0.104. The molecule has 11 heteroatoms. The summed E-state index contributed by atoms with van der Waals surface area (Å²) in [5.41, 5.74) is 1.23. The highest BCUT2D eigenvalue weighted by Crippen LogP contribution is 2.29. The highest BCUT2D eigenvalue weighted by atomic mass is 32.2. The first-order valence-corrected chi connectivity index (χ1v) is 11.4. The fourth-order valence-electron chi connectivity index (χ4n) is 3.37. The van der Waals surface area contributed by atoms with Gasteiger partial charge in [-0.15, -0.1) is 4.40 Å². The molecule has 1 aliphatic rings. The number of benzene rings is 2. The van der Waals surface area contributed by atoms with Crippen LogP contribution in [0.4, 0.5) is 5.69 Å². The first kappa shape index (κ1) is 22.2. The van der Waals surface area contributed by atoms with Crippen LogP contribution in [0.15, 0.2) is 74.7 Å². The Morgan fingerprint density at radius 3 is 2.58 bits per heavy atom. The lowest BCUT2D eigenvalue weighted by Gasteiger charge is -2.20. The van der Waals surface area contributed by atoms with Gasteiger partial charge in [0.05, 0.1) is 17.8 Å². The Morgan fingerprint density at radius 1 is 1.15 bits per heavy atom. The van der Waals surface area contributed by atoms with Crippen LogP contribution in [0.3, 0.4) is 0 Å². The number of amidine groups is 1. The van der Waals surface area contributed by atoms with Crippen molar-refractivity contribution in [1.29, 1.82) is 0 Å². The molecule has 2 N–H and O–H groups in total. The number of hydrogen-bond donors (Lipinski definition) is 2. The fraction of sp³-hybridized carbons (Fsp3) is 0.182. The summed E-state index contributed by atoms with van der Waals surface area (Å²) in [5.74, 6) is -1.38. The highest BCUT2D eigenvalue weighted by molar-refractivity contribution is 7.90. The zero-order valence-corrected chi connectivity index (χ0v) is 18.7. The van der Waals surface area contributed by atoms with Crippen molar-refractivity contribution < 1.29 is 22.4 Å². The summed E-state index contributed by atoms with van der Waals surface area (Å²) in [6, 6.07) is 13.5. The number of nitrogens with zero attached hydrogens (tertiary/aromatic N) is 3. The second-order valence-electron chi connectivity index (χ2n) is 7.49. The molecule has 0 fully saturated rings. The molecule has 170 valence electrons. The summed E-state index contributed by atoms with van der Waals surface area (Å²) >= 11 is 0. The molecule has 0 saturated carbocycles. The van der Waals surface area contributed by atoms with Crippen LogP contribution in [0.5, 0.6) is 0 Å². The lowest BCUT2D eigenvalue weighted by molar-refractivity contribution is -0.114. The van der Waals surface area contributed by atoms with Crippen molar-refractivity contribution in [2.24, 2.45) is 4.40 Å². The second kappa shape index (κ2) is 8.87. The molecule has 2 amide bonds. The van der Waals surface area contributed by atoms with Crippen LogP contribution in [0.25, 0.3) is 0 Å². The summed E-state index contributed by atoms with van der Waals surface area (Å²) in [4.78, 5) is 30.3. The van der Waals surface area contributed by atoms with Gasteiger partial charge in [-0.3, -0.25) is 9.59 Å². The molecule has 3 aromatic rings. The molecule has 33 heavy (non-hydrogen) atoms. The van der Waals surface area contributed by atoms with Crippen molar-refractivity contribution in [2.75, 3.05) is 26.0 Å². The van der Waals surface area contributed by atoms with Crippen LogP contribution in [0.2, 0.25) is 0 Å². The summed E-state index contributed by atoms with van der Waals surface area (Å²) in [7, 11) is -1.06. The van der Waals surface area contributed by atoms with Crippen molar-refractivity contribution in [1.82, 2.24) is 15.2 Å². The molecule has 1 aliphatic heterocycles. The zero-order chi connectivity index (χ0) is 23.6. The maximum atomic E-state index is 12.8. The van der Waals surface area contributed by atoms with E-state index in [1.807, 2.05) is 30.3 Å². The SMILES string of the molecule is CN(C)C(=O)c1ccc2c(c1)S(=O)(=O)N=C(C(=O)NCC(c1ccccc1)c1ncco1)N2. The van der Waals surface area contributed by atoms with Crippen molar-refractivity contribution >= 4 is 33.4 Å². The van der Waals surface area contributed by atoms with Gasteiger partial charge >= 0.3 is 0 Å². The predicted octanol–water partition coefficient (Wildman–Crippen LogP) is 1.84. The van der Waals surface area contributed by atoms with Crippen LogP contribution in [-0.4, -0.2) is 56.6 Å². The van der Waals surface area contributed by atoms with Gasteiger partial charge in [-0.1, -0.05) is 30.3 Å². The minimum absolute atomic E-state index is 0.104. The first-order valence-electron chi connectivity index (χ1n) is 9.96. The third-order valence-corrected chi connectivity index (χ3v) is 6.33. The Kier molecular flexibility index (Phi) is 5.97. The van der Waals surface area contributed by atoms with Crippen molar-refractivity contribution in [3.63, 3.8) is 0 Å². The number of anilines is 1. The number of carbonyl (C=O) groups is 2. The van der Waals surface area contributed by atoms with E-state index in [0.29, 0.717) is 5.89 Å². The number of aromatic nitrogens is 1. The molecule has 0 saturated heterocycles. The maximum absolute atomic E-state index is 12.8. The number of rotatable bonds is 6. The predicted molar refractivity (Wildman–Crippen MR) is 121 cm³/mol. The molecule has 0 bridgehead atoms. The maximum Gasteiger partial charge on any atom is 0.287 e. The van der Waals surface area contributed by atoms with Gasteiger partial charge < -0.3 is 20.0 Å². The van der Waals surface area contributed by atoms with Gasteiger partial charge in [-0.25, -0.2) is 4.98 Å². The fourth-order valence-corrected chi connectivity index (χ4v) is 4.51. The molecule has 0 aliphatic carbocycles. The first-order chi connectivity index (χ1) is 15.8. The second-order valence-corrected chi connectivity index (χ2v) is 9.07. The zero-order valence-electron chi connectivity index (χ0n) is 17.8. The Bertz CT molecular complexity index is 1320. The van der Waals surface area contributed by atoms with Crippen LogP contribution >= 0.6 is 0 Å². The summed E-state index contributed by atoms with van der Waals surface area (Å²) in [6.07, 6.45) is 2.96. The van der Waals surface area contributed by atoms with E-state index in [1.54, 1.807) is 14.1 Å². The summed E-state index contributed by atoms with van der Waals surface area (Å²) in [5, 5.41) is 5.44. The molecule has 2 aromatic carbocycles. The monoisotopic (exact) mass is 467 g/mol. The molecular formula is C22H21N5O5S. The van der Waals surface area contributed by atoms with E-state index in [-0.39, 0.29) is 40.4 Å². The normalized spacial score (nSPS) is 14.9.